The van der Waals surface area contributed by atoms with Gasteiger partial charge < -0.3 is 4.74 Å². The van der Waals surface area contributed by atoms with Gasteiger partial charge in [0.05, 0.1) is 17.7 Å². The highest BCUT2D eigenvalue weighted by Gasteiger charge is 2.19. The molecule has 6 heteroatoms. The Kier molecular flexibility index (Phi) is 3.99. The van der Waals surface area contributed by atoms with Crippen molar-refractivity contribution >= 4 is 17.4 Å². The van der Waals surface area contributed by atoms with E-state index in [1.54, 1.807) is 0 Å². The van der Waals surface area contributed by atoms with E-state index in [1.165, 1.54) is 19.2 Å². The van der Waals surface area contributed by atoms with Gasteiger partial charge in [0.2, 0.25) is 0 Å². The van der Waals surface area contributed by atoms with Crippen molar-refractivity contribution in [2.75, 3.05) is 7.11 Å². The topological polar surface area (TPSA) is 26.3 Å². The molecule has 0 saturated heterocycles. The van der Waals surface area contributed by atoms with Gasteiger partial charge in [-0.1, -0.05) is 11.6 Å². The molecule has 0 heterocycles. The first-order chi connectivity index (χ1) is 9.43. The molecule has 0 spiro atoms. The molecule has 0 radical (unpaired) electrons. The van der Waals surface area contributed by atoms with Crippen LogP contribution in [0.5, 0.6) is 5.75 Å². The second kappa shape index (κ2) is 5.54. The zero-order chi connectivity index (χ0) is 14.9. The van der Waals surface area contributed by atoms with Crippen molar-refractivity contribution in [2.45, 2.75) is 0 Å². The highest BCUT2D eigenvalue weighted by Crippen LogP contribution is 2.25. The predicted octanol–water partition coefficient (Wildman–Crippen LogP) is 4.00. The lowest BCUT2D eigenvalue weighted by atomic mass is 10.0. The van der Waals surface area contributed by atoms with Crippen LogP contribution in [0.25, 0.3) is 0 Å². The van der Waals surface area contributed by atoms with Crippen LogP contribution in [0.15, 0.2) is 30.3 Å². The molecule has 2 rings (SSSR count). The van der Waals surface area contributed by atoms with Crippen LogP contribution in [-0.2, 0) is 0 Å². The zero-order valence-electron chi connectivity index (χ0n) is 10.2. The Balaban J connectivity index is 2.49. The van der Waals surface area contributed by atoms with Crippen LogP contribution in [0.4, 0.5) is 13.2 Å². The fourth-order valence-electron chi connectivity index (χ4n) is 1.65. The molecule has 0 fully saturated rings. The molecule has 0 aromatic heterocycles. The van der Waals surface area contributed by atoms with Crippen LogP contribution in [0.3, 0.4) is 0 Å². The Morgan fingerprint density at radius 3 is 2.25 bits per heavy atom. The summed E-state index contributed by atoms with van der Waals surface area (Å²) in [6.45, 7) is 0. The van der Waals surface area contributed by atoms with Crippen molar-refractivity contribution < 1.29 is 22.7 Å². The molecule has 104 valence electrons. The van der Waals surface area contributed by atoms with Gasteiger partial charge in [-0.2, -0.15) is 0 Å². The fourth-order valence-corrected chi connectivity index (χ4v) is 1.88. The van der Waals surface area contributed by atoms with Crippen molar-refractivity contribution in [3.63, 3.8) is 0 Å². The van der Waals surface area contributed by atoms with Crippen molar-refractivity contribution in [3.05, 3.63) is 63.9 Å². The number of ketones is 1. The Hall–Kier alpha value is -2.01. The van der Waals surface area contributed by atoms with E-state index in [2.05, 4.69) is 0 Å². The molecule has 0 atom stereocenters. The number of hydrogen-bond acceptors (Lipinski definition) is 2. The average molecular weight is 301 g/mol. The standard InChI is InChI=1S/C14H8ClF3O2/c1-20-7-2-3-8(11(16)4-7)14(19)9-5-12(17)13(18)6-10(9)15/h2-6H,1H3. The molecule has 0 N–H and O–H groups in total. The van der Waals surface area contributed by atoms with Gasteiger partial charge in [0.15, 0.2) is 17.4 Å². The van der Waals surface area contributed by atoms with Crippen molar-refractivity contribution in [1.82, 2.24) is 0 Å². The molecule has 0 aliphatic heterocycles. The number of halogens is 4. The first-order valence-corrected chi connectivity index (χ1v) is 5.84. The summed E-state index contributed by atoms with van der Waals surface area (Å²) in [6, 6.07) is 4.90. The van der Waals surface area contributed by atoms with Gasteiger partial charge in [0.25, 0.3) is 0 Å². The maximum absolute atomic E-state index is 13.8. The molecule has 0 saturated carbocycles. The number of benzene rings is 2. The zero-order valence-corrected chi connectivity index (χ0v) is 11.0. The number of ether oxygens (including phenoxy) is 1. The monoisotopic (exact) mass is 300 g/mol. The van der Waals surface area contributed by atoms with Gasteiger partial charge in [-0.15, -0.1) is 0 Å². The van der Waals surface area contributed by atoms with Crippen LogP contribution < -0.4 is 4.74 Å². The van der Waals surface area contributed by atoms with E-state index in [-0.39, 0.29) is 21.9 Å². The molecule has 0 bridgehead atoms. The van der Waals surface area contributed by atoms with Crippen molar-refractivity contribution in [1.29, 1.82) is 0 Å². The summed E-state index contributed by atoms with van der Waals surface area (Å²) in [5, 5.41) is -0.288. The lowest BCUT2D eigenvalue weighted by Gasteiger charge is -2.07. The van der Waals surface area contributed by atoms with Gasteiger partial charge in [0, 0.05) is 11.6 Å². The lowest BCUT2D eigenvalue weighted by Crippen LogP contribution is -2.06. The molecule has 0 unspecified atom stereocenters. The molecule has 0 amide bonds. The maximum Gasteiger partial charge on any atom is 0.197 e. The van der Waals surface area contributed by atoms with Crippen molar-refractivity contribution in [2.24, 2.45) is 0 Å². The largest absolute Gasteiger partial charge is 0.497 e. The first kappa shape index (κ1) is 14.4. The minimum atomic E-state index is -1.23. The smallest absolute Gasteiger partial charge is 0.197 e. The summed E-state index contributed by atoms with van der Waals surface area (Å²) in [7, 11) is 1.35. The Morgan fingerprint density at radius 1 is 1.00 bits per heavy atom. The highest BCUT2D eigenvalue weighted by atomic mass is 35.5. The van der Waals surface area contributed by atoms with E-state index < -0.39 is 23.2 Å². The summed E-state index contributed by atoms with van der Waals surface area (Å²) in [4.78, 5) is 12.1. The highest BCUT2D eigenvalue weighted by molar-refractivity contribution is 6.35. The molecule has 2 aromatic carbocycles. The van der Waals surface area contributed by atoms with Gasteiger partial charge in [-0.3, -0.25) is 4.79 Å². The van der Waals surface area contributed by atoms with Gasteiger partial charge in [0.1, 0.15) is 11.6 Å². The number of methoxy groups -OCH3 is 1. The third kappa shape index (κ3) is 2.63. The summed E-state index contributed by atoms with van der Waals surface area (Å²) in [5.74, 6) is -3.85. The predicted molar refractivity (Wildman–Crippen MR) is 67.8 cm³/mol. The minimum Gasteiger partial charge on any atom is -0.497 e. The number of hydrogen-bond donors (Lipinski definition) is 0. The lowest BCUT2D eigenvalue weighted by molar-refractivity contribution is 0.103. The third-order valence-corrected chi connectivity index (χ3v) is 2.99. The number of rotatable bonds is 3. The van der Waals surface area contributed by atoms with Gasteiger partial charge in [-0.05, 0) is 24.3 Å². The molecule has 0 aliphatic carbocycles. The van der Waals surface area contributed by atoms with E-state index in [1.807, 2.05) is 0 Å². The van der Waals surface area contributed by atoms with E-state index in [9.17, 15) is 18.0 Å². The Bertz CT molecular complexity index is 686. The molecule has 20 heavy (non-hydrogen) atoms. The molecule has 2 aromatic rings. The summed E-state index contributed by atoms with van der Waals surface area (Å²) in [5.41, 5.74) is -0.617. The normalized spacial score (nSPS) is 10.4. The SMILES string of the molecule is COc1ccc(C(=O)c2cc(F)c(F)cc2Cl)c(F)c1. The Labute approximate surface area is 117 Å². The molecule has 0 aliphatic rings. The third-order valence-electron chi connectivity index (χ3n) is 2.68. The summed E-state index contributed by atoms with van der Waals surface area (Å²) >= 11 is 5.68. The van der Waals surface area contributed by atoms with Crippen LogP contribution in [0.1, 0.15) is 15.9 Å². The maximum atomic E-state index is 13.8. The number of carbonyl (C=O) groups is 1. The quantitative estimate of drug-likeness (QED) is 0.633. The van der Waals surface area contributed by atoms with Gasteiger partial charge >= 0.3 is 0 Å². The van der Waals surface area contributed by atoms with Gasteiger partial charge in [-0.25, -0.2) is 13.2 Å². The summed E-state index contributed by atoms with van der Waals surface area (Å²) < 4.78 is 44.7. The second-order valence-electron chi connectivity index (χ2n) is 3.92. The molecular formula is C14H8ClF3O2. The first-order valence-electron chi connectivity index (χ1n) is 5.47. The van der Waals surface area contributed by atoms with E-state index in [4.69, 9.17) is 16.3 Å². The van der Waals surface area contributed by atoms with E-state index in [0.717, 1.165) is 6.07 Å². The fraction of sp³-hybridized carbons (Fsp3) is 0.0714. The van der Waals surface area contributed by atoms with E-state index >= 15 is 0 Å². The summed E-state index contributed by atoms with van der Waals surface area (Å²) in [6.07, 6.45) is 0. The molecule has 2 nitrogen and oxygen atoms in total. The Morgan fingerprint density at radius 2 is 1.65 bits per heavy atom. The van der Waals surface area contributed by atoms with Crippen LogP contribution >= 0.6 is 11.6 Å². The second-order valence-corrected chi connectivity index (χ2v) is 4.33. The average Bonchev–Trinajstić information content (AvgIpc) is 2.42. The van der Waals surface area contributed by atoms with E-state index in [0.29, 0.717) is 12.1 Å². The van der Waals surface area contributed by atoms with Crippen LogP contribution in [0.2, 0.25) is 5.02 Å². The van der Waals surface area contributed by atoms with Crippen molar-refractivity contribution in [3.8, 4) is 5.75 Å². The van der Waals surface area contributed by atoms with Crippen LogP contribution in [-0.4, -0.2) is 12.9 Å². The number of carbonyl (C=O) groups excluding carboxylic acids is 1. The molecular weight excluding hydrogens is 293 g/mol. The minimum absolute atomic E-state index is 0.232. The van der Waals surface area contributed by atoms with Crippen LogP contribution in [0, 0.1) is 17.5 Å².